The summed E-state index contributed by atoms with van der Waals surface area (Å²) >= 11 is 6.01. The van der Waals surface area contributed by atoms with E-state index in [0.717, 1.165) is 18.8 Å². The third-order valence-electron chi connectivity index (χ3n) is 4.32. The third kappa shape index (κ3) is 4.43. The molecule has 1 aromatic carbocycles. The quantitative estimate of drug-likeness (QED) is 0.808. The maximum Gasteiger partial charge on any atom is 0.255 e. The first-order valence-electron chi connectivity index (χ1n) is 7.49. The number of anilines is 1. The van der Waals surface area contributed by atoms with Crippen LogP contribution in [0.2, 0.25) is 5.02 Å². The van der Waals surface area contributed by atoms with Crippen LogP contribution in [-0.2, 0) is 0 Å². The number of nitrogen functional groups attached to an aromatic ring is 1. The Morgan fingerprint density at radius 1 is 1.36 bits per heavy atom. The summed E-state index contributed by atoms with van der Waals surface area (Å²) in [5.74, 6) is 1.11. The van der Waals surface area contributed by atoms with Crippen LogP contribution in [0.4, 0.5) is 5.69 Å². The number of nitrogens with two attached hydrogens (primary N) is 1. The summed E-state index contributed by atoms with van der Waals surface area (Å²) in [7, 11) is 1.52. The summed E-state index contributed by atoms with van der Waals surface area (Å²) in [5.41, 5.74) is 6.59. The first kappa shape index (κ1) is 18.9. The maximum absolute atomic E-state index is 12.4. The van der Waals surface area contributed by atoms with Gasteiger partial charge in [0.05, 0.1) is 23.4 Å². The molecule has 1 amide bonds. The number of ether oxygens (including phenoxy) is 1. The lowest BCUT2D eigenvalue weighted by molar-refractivity contribution is 0.0918. The molecule has 6 heteroatoms. The Kier molecular flexibility index (Phi) is 7.30. The van der Waals surface area contributed by atoms with Crippen molar-refractivity contribution in [2.24, 2.45) is 5.92 Å². The number of halogens is 2. The van der Waals surface area contributed by atoms with E-state index in [0.29, 0.717) is 22.0 Å². The van der Waals surface area contributed by atoms with Crippen molar-refractivity contribution >= 4 is 35.6 Å². The van der Waals surface area contributed by atoms with Crippen LogP contribution >= 0.6 is 24.0 Å². The van der Waals surface area contributed by atoms with Crippen LogP contribution in [0.3, 0.4) is 0 Å². The van der Waals surface area contributed by atoms with E-state index in [1.807, 2.05) is 0 Å². The summed E-state index contributed by atoms with van der Waals surface area (Å²) in [6, 6.07) is 3.40. The summed E-state index contributed by atoms with van der Waals surface area (Å²) < 4.78 is 5.23. The average molecular weight is 347 g/mol. The Bertz CT molecular complexity index is 515. The van der Waals surface area contributed by atoms with Crippen molar-refractivity contribution < 1.29 is 9.53 Å². The minimum atomic E-state index is -0.145. The molecule has 1 aromatic rings. The van der Waals surface area contributed by atoms with Crippen molar-refractivity contribution in [3.8, 4) is 5.75 Å². The number of nitrogens with one attached hydrogen (secondary N) is 1. The van der Waals surface area contributed by atoms with E-state index in [4.69, 9.17) is 22.1 Å². The molecule has 0 saturated heterocycles. The molecular formula is C16H24Cl2N2O2. The molecule has 0 bridgehead atoms. The van der Waals surface area contributed by atoms with Crippen molar-refractivity contribution in [2.75, 3.05) is 12.8 Å². The molecule has 124 valence electrons. The Labute approximate surface area is 143 Å². The van der Waals surface area contributed by atoms with Crippen LogP contribution in [0.15, 0.2) is 12.1 Å². The highest BCUT2D eigenvalue weighted by molar-refractivity contribution is 6.33. The number of hydrogen-bond donors (Lipinski definition) is 2. The zero-order chi connectivity index (χ0) is 15.4. The van der Waals surface area contributed by atoms with E-state index in [1.54, 1.807) is 12.1 Å². The minimum Gasteiger partial charge on any atom is -0.496 e. The van der Waals surface area contributed by atoms with Gasteiger partial charge < -0.3 is 15.8 Å². The molecule has 22 heavy (non-hydrogen) atoms. The molecule has 1 fully saturated rings. The van der Waals surface area contributed by atoms with Crippen LogP contribution < -0.4 is 15.8 Å². The maximum atomic E-state index is 12.4. The van der Waals surface area contributed by atoms with Crippen LogP contribution in [0.1, 0.15) is 49.4 Å². The van der Waals surface area contributed by atoms with Crippen molar-refractivity contribution in [1.29, 1.82) is 0 Å². The zero-order valence-corrected chi connectivity index (χ0v) is 14.6. The Hall–Kier alpha value is -1.13. The van der Waals surface area contributed by atoms with Gasteiger partial charge in [-0.05, 0) is 37.7 Å². The molecule has 0 spiro atoms. The fourth-order valence-electron chi connectivity index (χ4n) is 2.89. The summed E-state index contributed by atoms with van der Waals surface area (Å²) in [6.45, 7) is 2.23. The van der Waals surface area contributed by atoms with Crippen molar-refractivity contribution in [1.82, 2.24) is 5.32 Å². The second-order valence-corrected chi connectivity index (χ2v) is 6.08. The molecular weight excluding hydrogens is 323 g/mol. The second kappa shape index (κ2) is 8.49. The van der Waals surface area contributed by atoms with Gasteiger partial charge in [0.15, 0.2) is 0 Å². The number of carbonyl (C=O) groups excluding carboxylic acids is 1. The smallest absolute Gasteiger partial charge is 0.255 e. The lowest BCUT2D eigenvalue weighted by atomic mass is 9.84. The zero-order valence-electron chi connectivity index (χ0n) is 13.0. The van der Waals surface area contributed by atoms with E-state index >= 15 is 0 Å². The fraction of sp³-hybridized carbons (Fsp3) is 0.562. The monoisotopic (exact) mass is 346 g/mol. The van der Waals surface area contributed by atoms with Crippen LogP contribution in [0.25, 0.3) is 0 Å². The fourth-order valence-corrected chi connectivity index (χ4v) is 3.06. The molecule has 2 rings (SSSR count). The number of benzene rings is 1. The molecule has 0 aliphatic heterocycles. The molecule has 0 aromatic heterocycles. The van der Waals surface area contributed by atoms with Gasteiger partial charge in [0.2, 0.25) is 0 Å². The molecule has 0 unspecified atom stereocenters. The number of carbonyl (C=O) groups is 1. The first-order valence-corrected chi connectivity index (χ1v) is 7.86. The molecule has 3 N–H and O–H groups in total. The predicted octanol–water partition coefficient (Wildman–Crippen LogP) is 4.05. The number of rotatable bonds is 4. The molecule has 0 heterocycles. The summed E-state index contributed by atoms with van der Waals surface area (Å²) in [4.78, 5) is 12.4. The summed E-state index contributed by atoms with van der Waals surface area (Å²) in [6.07, 6.45) is 5.66. The molecule has 1 aliphatic rings. The number of hydrogen-bond acceptors (Lipinski definition) is 3. The van der Waals surface area contributed by atoms with Gasteiger partial charge in [-0.2, -0.15) is 0 Å². The molecule has 0 atom stereocenters. The van der Waals surface area contributed by atoms with E-state index in [1.165, 1.54) is 26.4 Å². The van der Waals surface area contributed by atoms with Gasteiger partial charge in [0.25, 0.3) is 5.91 Å². The topological polar surface area (TPSA) is 64.4 Å². The van der Waals surface area contributed by atoms with Gasteiger partial charge in [-0.1, -0.05) is 24.9 Å². The van der Waals surface area contributed by atoms with Gasteiger partial charge >= 0.3 is 0 Å². The minimum absolute atomic E-state index is 0. The molecule has 1 saturated carbocycles. The SMILES string of the molecule is CCC1CCC(NC(=O)c2cc(Cl)c(N)cc2OC)CC1.Cl. The summed E-state index contributed by atoms with van der Waals surface area (Å²) in [5, 5.41) is 3.45. The lowest BCUT2D eigenvalue weighted by Crippen LogP contribution is -2.37. The van der Waals surface area contributed by atoms with Gasteiger partial charge in [-0.3, -0.25) is 4.79 Å². The van der Waals surface area contributed by atoms with Crippen molar-refractivity contribution in [3.63, 3.8) is 0 Å². The number of methoxy groups -OCH3 is 1. The van der Waals surface area contributed by atoms with Crippen molar-refractivity contribution in [2.45, 2.75) is 45.1 Å². The Morgan fingerprint density at radius 3 is 2.55 bits per heavy atom. The molecule has 1 aliphatic carbocycles. The average Bonchev–Trinajstić information content (AvgIpc) is 2.50. The van der Waals surface area contributed by atoms with E-state index < -0.39 is 0 Å². The van der Waals surface area contributed by atoms with Crippen molar-refractivity contribution in [3.05, 3.63) is 22.7 Å². The van der Waals surface area contributed by atoms with Crippen LogP contribution in [0, 0.1) is 5.92 Å². The van der Waals surface area contributed by atoms with E-state index in [2.05, 4.69) is 12.2 Å². The normalized spacial score (nSPS) is 20.9. The molecule has 0 radical (unpaired) electrons. The Morgan fingerprint density at radius 2 is 2.00 bits per heavy atom. The van der Waals surface area contributed by atoms with E-state index in [-0.39, 0.29) is 24.4 Å². The van der Waals surface area contributed by atoms with Crippen LogP contribution in [-0.4, -0.2) is 19.1 Å². The highest BCUT2D eigenvalue weighted by Gasteiger charge is 2.23. The highest BCUT2D eigenvalue weighted by atomic mass is 35.5. The van der Waals surface area contributed by atoms with Gasteiger partial charge in [-0.25, -0.2) is 0 Å². The highest BCUT2D eigenvalue weighted by Crippen LogP contribution is 2.30. The lowest BCUT2D eigenvalue weighted by Gasteiger charge is -2.28. The van der Waals surface area contributed by atoms with Crippen LogP contribution in [0.5, 0.6) is 5.75 Å². The standard InChI is InChI=1S/C16H23ClN2O2.ClH/c1-3-10-4-6-11(7-5-10)19-16(20)12-8-13(17)14(18)9-15(12)21-2;/h8-11H,3-7,18H2,1-2H3,(H,19,20);1H. The third-order valence-corrected chi connectivity index (χ3v) is 4.65. The number of amides is 1. The second-order valence-electron chi connectivity index (χ2n) is 5.67. The Balaban J connectivity index is 0.00000242. The first-order chi connectivity index (χ1) is 10.0. The van der Waals surface area contributed by atoms with Gasteiger partial charge in [-0.15, -0.1) is 12.4 Å². The molecule has 4 nitrogen and oxygen atoms in total. The van der Waals surface area contributed by atoms with Gasteiger partial charge in [0, 0.05) is 12.1 Å². The predicted molar refractivity (Wildman–Crippen MR) is 93.2 cm³/mol. The van der Waals surface area contributed by atoms with E-state index in [9.17, 15) is 4.79 Å². The van der Waals surface area contributed by atoms with Gasteiger partial charge in [0.1, 0.15) is 5.75 Å². The largest absolute Gasteiger partial charge is 0.496 e.